The van der Waals surface area contributed by atoms with E-state index in [0.717, 1.165) is 36.9 Å². The van der Waals surface area contributed by atoms with E-state index in [9.17, 15) is 19.6 Å². The zero-order valence-corrected chi connectivity index (χ0v) is 16.9. The van der Waals surface area contributed by atoms with E-state index in [2.05, 4.69) is 10.4 Å². The number of amides is 2. The Bertz CT molecular complexity index is 735. The predicted octanol–water partition coefficient (Wildman–Crippen LogP) is 1.65. The van der Waals surface area contributed by atoms with Crippen molar-refractivity contribution in [1.29, 1.82) is 0 Å². The highest BCUT2D eigenvalue weighted by Gasteiger charge is 2.38. The molecule has 0 bridgehead atoms. The highest BCUT2D eigenvalue weighted by atomic mass is 16.5. The van der Waals surface area contributed by atoms with Crippen LogP contribution in [0.5, 0.6) is 0 Å². The summed E-state index contributed by atoms with van der Waals surface area (Å²) in [5.41, 5.74) is 4.71. The summed E-state index contributed by atoms with van der Waals surface area (Å²) in [5.74, 6) is -0.407. The normalized spacial score (nSPS) is 20.6. The van der Waals surface area contributed by atoms with Crippen LogP contribution in [0, 0.1) is 18.8 Å². The third-order valence-electron chi connectivity index (χ3n) is 6.05. The van der Waals surface area contributed by atoms with E-state index in [0.29, 0.717) is 36.8 Å². The van der Waals surface area contributed by atoms with Gasteiger partial charge in [0.05, 0.1) is 24.6 Å². The first-order valence-corrected chi connectivity index (χ1v) is 10.4. The van der Waals surface area contributed by atoms with Crippen molar-refractivity contribution < 1.29 is 19.6 Å². The van der Waals surface area contributed by atoms with Crippen molar-refractivity contribution >= 4 is 18.1 Å². The van der Waals surface area contributed by atoms with Crippen LogP contribution in [-0.4, -0.2) is 57.5 Å². The molecule has 2 fully saturated rings. The molecule has 2 atom stereocenters. The Morgan fingerprint density at radius 2 is 2.14 bits per heavy atom. The highest BCUT2D eigenvalue weighted by molar-refractivity contribution is 5.91. The van der Waals surface area contributed by atoms with E-state index in [1.807, 2.05) is 19.1 Å². The monoisotopic (exact) mass is 402 g/mol. The Balaban J connectivity index is 1.70. The van der Waals surface area contributed by atoms with E-state index in [-0.39, 0.29) is 24.7 Å². The molecular weight excluding hydrogens is 372 g/mol. The van der Waals surface area contributed by atoms with Crippen LogP contribution >= 0.6 is 0 Å². The highest BCUT2D eigenvalue weighted by Crippen LogP contribution is 2.31. The summed E-state index contributed by atoms with van der Waals surface area (Å²) >= 11 is 0. The predicted molar refractivity (Wildman–Crippen MR) is 106 cm³/mol. The van der Waals surface area contributed by atoms with Gasteiger partial charge in [0.1, 0.15) is 6.04 Å². The van der Waals surface area contributed by atoms with Crippen LogP contribution in [0.2, 0.25) is 0 Å². The van der Waals surface area contributed by atoms with Crippen molar-refractivity contribution in [2.24, 2.45) is 11.8 Å². The number of rotatable bonds is 9. The number of hydrogen-bond donors (Lipinski definition) is 2. The molecule has 8 nitrogen and oxygen atoms in total. The molecule has 2 aliphatic rings. The molecule has 3 rings (SSSR count). The number of hydrogen-bond acceptors (Lipinski definition) is 6. The molecule has 2 heterocycles. The van der Waals surface area contributed by atoms with Crippen molar-refractivity contribution in [2.45, 2.75) is 57.9 Å². The number of carbonyl (C=O) groups excluding carboxylic acids is 3. The minimum Gasteiger partial charge on any atom is -0.297 e. The van der Waals surface area contributed by atoms with Gasteiger partial charge >= 0.3 is 0 Å². The van der Waals surface area contributed by atoms with Gasteiger partial charge in [0, 0.05) is 12.7 Å². The molecule has 158 valence electrons. The summed E-state index contributed by atoms with van der Waals surface area (Å²) in [5, 5.41) is 11.7. The number of Topliss-reactive ketones (excluding diaryl/α,β-unsaturated/α-hetero) is 1. The van der Waals surface area contributed by atoms with Gasteiger partial charge in [0.2, 0.25) is 12.3 Å². The summed E-state index contributed by atoms with van der Waals surface area (Å²) in [4.78, 5) is 41.4. The van der Waals surface area contributed by atoms with Crippen LogP contribution in [0.4, 0.5) is 0 Å². The van der Waals surface area contributed by atoms with Gasteiger partial charge in [-0.3, -0.25) is 29.6 Å². The Labute approximate surface area is 171 Å². The molecule has 8 heteroatoms. The third kappa shape index (κ3) is 5.39. The lowest BCUT2D eigenvalue weighted by molar-refractivity contribution is -0.159. The summed E-state index contributed by atoms with van der Waals surface area (Å²) in [6.07, 6.45) is 7.73. The average Bonchev–Trinajstić information content (AvgIpc) is 3.40. The number of nitrogens with one attached hydrogen (secondary N) is 1. The van der Waals surface area contributed by atoms with Crippen molar-refractivity contribution in [3.8, 4) is 0 Å². The molecule has 1 aromatic heterocycles. The lowest BCUT2D eigenvalue weighted by Gasteiger charge is -2.30. The Kier molecular flexibility index (Phi) is 7.33. The average molecular weight is 402 g/mol. The van der Waals surface area contributed by atoms with Crippen molar-refractivity contribution in [2.75, 3.05) is 13.1 Å². The molecular formula is C21H30N4O4. The van der Waals surface area contributed by atoms with Crippen LogP contribution in [-0.2, 0) is 20.8 Å². The fraction of sp³-hybridized carbons (Fsp3) is 0.619. The second kappa shape index (κ2) is 9.93. The number of pyridine rings is 1. The molecule has 0 spiro atoms. The molecule has 1 saturated heterocycles. The quantitative estimate of drug-likeness (QED) is 0.370. The van der Waals surface area contributed by atoms with Crippen LogP contribution < -0.4 is 5.43 Å². The SMILES string of the molecule is Cc1cccnc1CC(=O)[C@@H]1CCNN1C(=O)[C@H](CC1CCCC1)CN(O)C=O. The summed E-state index contributed by atoms with van der Waals surface area (Å²) < 4.78 is 0. The number of ketones is 1. The van der Waals surface area contributed by atoms with Crippen molar-refractivity contribution in [3.05, 3.63) is 29.6 Å². The first kappa shape index (κ1) is 21.4. The molecule has 1 aliphatic heterocycles. The Morgan fingerprint density at radius 3 is 2.83 bits per heavy atom. The lowest BCUT2D eigenvalue weighted by Crippen LogP contribution is -2.51. The van der Waals surface area contributed by atoms with Gasteiger partial charge in [0.15, 0.2) is 5.78 Å². The second-order valence-corrected chi connectivity index (χ2v) is 8.14. The molecule has 1 aliphatic carbocycles. The summed E-state index contributed by atoms with van der Waals surface area (Å²) in [7, 11) is 0. The zero-order valence-electron chi connectivity index (χ0n) is 16.9. The van der Waals surface area contributed by atoms with Crippen LogP contribution in [0.3, 0.4) is 0 Å². The van der Waals surface area contributed by atoms with Gasteiger partial charge in [-0.25, -0.2) is 10.5 Å². The van der Waals surface area contributed by atoms with Gasteiger partial charge in [-0.2, -0.15) is 0 Å². The molecule has 2 N–H and O–H groups in total. The smallest absolute Gasteiger partial charge is 0.242 e. The number of carbonyl (C=O) groups is 3. The van der Waals surface area contributed by atoms with E-state index in [1.54, 1.807) is 6.20 Å². The number of nitrogens with zero attached hydrogens (tertiary/aromatic N) is 3. The van der Waals surface area contributed by atoms with Crippen molar-refractivity contribution in [3.63, 3.8) is 0 Å². The van der Waals surface area contributed by atoms with Gasteiger partial charge in [-0.15, -0.1) is 0 Å². The largest absolute Gasteiger partial charge is 0.297 e. The first-order chi connectivity index (χ1) is 14.0. The van der Waals surface area contributed by atoms with Gasteiger partial charge in [0.25, 0.3) is 0 Å². The molecule has 29 heavy (non-hydrogen) atoms. The minimum atomic E-state index is -0.557. The first-order valence-electron chi connectivity index (χ1n) is 10.4. The fourth-order valence-corrected chi connectivity index (χ4v) is 4.45. The minimum absolute atomic E-state index is 0.0546. The standard InChI is InChI=1S/C21H30N4O4/c1-15-5-4-9-22-18(15)12-20(27)19-8-10-23-25(19)21(28)17(13-24(29)14-26)11-16-6-2-3-7-16/h4-5,9,14,16-17,19,23,29H,2-3,6-8,10-13H2,1H3/t17-,19+/m1/s1. The maximum atomic E-state index is 13.3. The molecule has 0 unspecified atom stereocenters. The van der Waals surface area contributed by atoms with Gasteiger partial charge in [-0.1, -0.05) is 31.7 Å². The zero-order chi connectivity index (χ0) is 20.8. The molecule has 2 amide bonds. The van der Waals surface area contributed by atoms with E-state index >= 15 is 0 Å². The molecule has 1 aromatic rings. The number of hydrazine groups is 1. The maximum absolute atomic E-state index is 13.3. The second-order valence-electron chi connectivity index (χ2n) is 8.14. The Morgan fingerprint density at radius 1 is 1.38 bits per heavy atom. The Hall–Kier alpha value is -2.32. The summed E-state index contributed by atoms with van der Waals surface area (Å²) in [6, 6.07) is 3.19. The molecule has 1 saturated carbocycles. The van der Waals surface area contributed by atoms with Crippen LogP contribution in [0.1, 0.15) is 49.8 Å². The fourth-order valence-electron chi connectivity index (χ4n) is 4.45. The van der Waals surface area contributed by atoms with E-state index < -0.39 is 12.0 Å². The molecule has 0 radical (unpaired) electrons. The van der Waals surface area contributed by atoms with E-state index in [1.165, 1.54) is 5.01 Å². The third-order valence-corrected chi connectivity index (χ3v) is 6.05. The van der Waals surface area contributed by atoms with Gasteiger partial charge in [-0.05, 0) is 37.3 Å². The number of hydroxylamine groups is 2. The molecule has 0 aromatic carbocycles. The number of aryl methyl sites for hydroxylation is 1. The topological polar surface area (TPSA) is 103 Å². The van der Waals surface area contributed by atoms with E-state index in [4.69, 9.17) is 0 Å². The van der Waals surface area contributed by atoms with Crippen LogP contribution in [0.15, 0.2) is 18.3 Å². The van der Waals surface area contributed by atoms with Crippen molar-refractivity contribution in [1.82, 2.24) is 20.5 Å². The number of aromatic nitrogens is 1. The van der Waals surface area contributed by atoms with Gasteiger partial charge < -0.3 is 0 Å². The van der Waals surface area contributed by atoms with Crippen LogP contribution in [0.25, 0.3) is 0 Å². The maximum Gasteiger partial charge on any atom is 0.242 e. The summed E-state index contributed by atoms with van der Waals surface area (Å²) in [6.45, 7) is 2.39. The lowest BCUT2D eigenvalue weighted by atomic mass is 9.91.